The van der Waals surface area contributed by atoms with Crippen LogP contribution in [0.5, 0.6) is 0 Å². The number of anilines is 2. The first-order valence-corrected chi connectivity index (χ1v) is 10.4. The van der Waals surface area contributed by atoms with E-state index in [1.165, 1.54) is 11.1 Å². The number of aliphatic hydroxyl groups is 1. The SMILES string of the molecule is C[C@H](Nc1nccc(N2C(=O)OC[C@@H]2[C@@H](C)O)n1)c1nc(-c2cccc3ccncc23)no1. The Morgan fingerprint density at radius 2 is 2.06 bits per heavy atom. The lowest BCUT2D eigenvalue weighted by Gasteiger charge is -2.22. The lowest BCUT2D eigenvalue weighted by Crippen LogP contribution is -2.41. The van der Waals surface area contributed by atoms with Crippen LogP contribution in [-0.2, 0) is 4.74 Å². The number of nitrogens with zero attached hydrogens (tertiary/aromatic N) is 6. The third-order valence-electron chi connectivity index (χ3n) is 5.43. The molecule has 0 spiro atoms. The van der Waals surface area contributed by atoms with E-state index in [1.807, 2.05) is 31.2 Å². The highest BCUT2D eigenvalue weighted by atomic mass is 16.6. The van der Waals surface area contributed by atoms with Crippen LogP contribution in [0.25, 0.3) is 22.2 Å². The second-order valence-corrected chi connectivity index (χ2v) is 7.72. The van der Waals surface area contributed by atoms with E-state index in [0.717, 1.165) is 16.3 Å². The third-order valence-corrected chi connectivity index (χ3v) is 5.43. The molecule has 1 aromatic carbocycles. The lowest BCUT2D eigenvalue weighted by molar-refractivity contribution is 0.142. The number of nitrogens with one attached hydrogen (secondary N) is 1. The average Bonchev–Trinajstić information content (AvgIpc) is 3.46. The molecule has 3 aromatic heterocycles. The van der Waals surface area contributed by atoms with E-state index in [0.29, 0.717) is 17.5 Å². The van der Waals surface area contributed by atoms with Crippen LogP contribution in [0.4, 0.5) is 16.6 Å². The molecule has 1 aliphatic rings. The Kier molecular flexibility index (Phi) is 5.31. The largest absolute Gasteiger partial charge is 0.447 e. The van der Waals surface area contributed by atoms with Crippen LogP contribution < -0.4 is 10.2 Å². The molecule has 0 bridgehead atoms. The number of carbonyl (C=O) groups excluding carboxylic acids is 1. The van der Waals surface area contributed by atoms with Gasteiger partial charge in [-0.15, -0.1) is 0 Å². The van der Waals surface area contributed by atoms with Crippen molar-refractivity contribution < 1.29 is 19.2 Å². The van der Waals surface area contributed by atoms with Gasteiger partial charge in [0, 0.05) is 29.5 Å². The summed E-state index contributed by atoms with van der Waals surface area (Å²) in [6.07, 6.45) is 3.68. The van der Waals surface area contributed by atoms with E-state index in [-0.39, 0.29) is 12.6 Å². The number of pyridine rings is 1. The Balaban J connectivity index is 1.37. The van der Waals surface area contributed by atoms with Crippen LogP contribution in [0.2, 0.25) is 0 Å². The Bertz CT molecular complexity index is 1300. The third kappa shape index (κ3) is 3.94. The van der Waals surface area contributed by atoms with Crippen LogP contribution in [-0.4, -0.2) is 55.0 Å². The summed E-state index contributed by atoms with van der Waals surface area (Å²) in [5.41, 5.74) is 0.817. The van der Waals surface area contributed by atoms with Crippen molar-refractivity contribution in [3.8, 4) is 11.4 Å². The minimum absolute atomic E-state index is 0.0914. The number of amides is 1. The fourth-order valence-electron chi connectivity index (χ4n) is 3.69. The van der Waals surface area contributed by atoms with Crippen molar-refractivity contribution in [3.05, 3.63) is 54.8 Å². The maximum Gasteiger partial charge on any atom is 0.416 e. The molecule has 1 amide bonds. The number of aliphatic hydroxyl groups excluding tert-OH is 1. The van der Waals surface area contributed by atoms with Crippen molar-refractivity contribution in [2.75, 3.05) is 16.8 Å². The van der Waals surface area contributed by atoms with Crippen molar-refractivity contribution in [2.24, 2.45) is 0 Å². The second kappa shape index (κ2) is 8.43. The molecule has 3 atom stereocenters. The minimum Gasteiger partial charge on any atom is -0.447 e. The van der Waals surface area contributed by atoms with Gasteiger partial charge in [-0.05, 0) is 31.4 Å². The smallest absolute Gasteiger partial charge is 0.416 e. The van der Waals surface area contributed by atoms with Crippen LogP contribution in [0.15, 0.2) is 53.4 Å². The Morgan fingerprint density at radius 1 is 1.18 bits per heavy atom. The van der Waals surface area contributed by atoms with E-state index in [4.69, 9.17) is 9.26 Å². The second-order valence-electron chi connectivity index (χ2n) is 7.72. The summed E-state index contributed by atoms with van der Waals surface area (Å²) in [5, 5.41) is 19.2. The highest BCUT2D eigenvalue weighted by Gasteiger charge is 2.38. The molecular weight excluding hydrogens is 426 g/mol. The van der Waals surface area contributed by atoms with Crippen molar-refractivity contribution >= 4 is 28.6 Å². The zero-order valence-corrected chi connectivity index (χ0v) is 17.9. The first-order chi connectivity index (χ1) is 16.0. The molecule has 0 unspecified atom stereocenters. The normalized spacial score (nSPS) is 17.7. The number of carbonyl (C=O) groups is 1. The summed E-state index contributed by atoms with van der Waals surface area (Å²) in [6.45, 7) is 3.52. The van der Waals surface area contributed by atoms with Crippen molar-refractivity contribution in [1.82, 2.24) is 25.1 Å². The molecule has 33 heavy (non-hydrogen) atoms. The van der Waals surface area contributed by atoms with Crippen LogP contribution in [0.1, 0.15) is 25.8 Å². The maximum atomic E-state index is 12.1. The fourth-order valence-corrected chi connectivity index (χ4v) is 3.69. The molecule has 168 valence electrons. The molecule has 0 aliphatic carbocycles. The number of rotatable bonds is 6. The Morgan fingerprint density at radius 3 is 2.91 bits per heavy atom. The molecule has 0 saturated carbocycles. The van der Waals surface area contributed by atoms with E-state index < -0.39 is 24.3 Å². The quantitative estimate of drug-likeness (QED) is 0.453. The molecule has 11 heteroatoms. The summed E-state index contributed by atoms with van der Waals surface area (Å²) in [6, 6.07) is 8.41. The van der Waals surface area contributed by atoms with Crippen LogP contribution >= 0.6 is 0 Å². The van der Waals surface area contributed by atoms with Gasteiger partial charge in [0.15, 0.2) is 0 Å². The first kappa shape index (κ1) is 20.8. The van der Waals surface area contributed by atoms with Gasteiger partial charge < -0.3 is 19.7 Å². The molecule has 1 fully saturated rings. The number of aromatic nitrogens is 5. The zero-order valence-electron chi connectivity index (χ0n) is 17.9. The van der Waals surface area contributed by atoms with Crippen molar-refractivity contribution in [3.63, 3.8) is 0 Å². The molecule has 11 nitrogen and oxygen atoms in total. The van der Waals surface area contributed by atoms with Crippen LogP contribution in [0.3, 0.4) is 0 Å². The predicted molar refractivity (Wildman–Crippen MR) is 118 cm³/mol. The van der Waals surface area contributed by atoms with Gasteiger partial charge >= 0.3 is 6.09 Å². The maximum absolute atomic E-state index is 12.1. The molecule has 1 saturated heterocycles. The molecule has 5 rings (SSSR count). The van der Waals surface area contributed by atoms with Gasteiger partial charge in [0.2, 0.25) is 17.7 Å². The van der Waals surface area contributed by atoms with Gasteiger partial charge in [-0.2, -0.15) is 9.97 Å². The van der Waals surface area contributed by atoms with Gasteiger partial charge in [0.1, 0.15) is 24.5 Å². The van der Waals surface area contributed by atoms with Gasteiger partial charge in [0.05, 0.1) is 6.10 Å². The summed E-state index contributed by atoms with van der Waals surface area (Å²) in [5.74, 6) is 1.38. The van der Waals surface area contributed by atoms with Gasteiger partial charge in [0.25, 0.3) is 0 Å². The molecule has 4 aromatic rings. The number of benzene rings is 1. The zero-order chi connectivity index (χ0) is 22.9. The van der Waals surface area contributed by atoms with E-state index in [1.54, 1.807) is 25.4 Å². The summed E-state index contributed by atoms with van der Waals surface area (Å²) < 4.78 is 10.5. The number of ether oxygens (including phenoxy) is 1. The average molecular weight is 447 g/mol. The molecule has 1 aliphatic heterocycles. The van der Waals surface area contributed by atoms with Gasteiger partial charge in [-0.25, -0.2) is 9.78 Å². The number of hydrogen-bond donors (Lipinski definition) is 2. The topological polar surface area (TPSA) is 139 Å². The Hall–Kier alpha value is -4.12. The highest BCUT2D eigenvalue weighted by molar-refractivity contribution is 5.94. The summed E-state index contributed by atoms with van der Waals surface area (Å²) in [7, 11) is 0. The predicted octanol–water partition coefficient (Wildman–Crippen LogP) is 2.95. The first-order valence-electron chi connectivity index (χ1n) is 10.4. The minimum atomic E-state index is -0.775. The monoisotopic (exact) mass is 447 g/mol. The van der Waals surface area contributed by atoms with E-state index >= 15 is 0 Å². The Labute approximate surface area is 188 Å². The van der Waals surface area contributed by atoms with E-state index in [2.05, 4.69) is 30.4 Å². The van der Waals surface area contributed by atoms with Gasteiger partial charge in [-0.1, -0.05) is 23.4 Å². The fraction of sp³-hybridized carbons (Fsp3) is 0.273. The number of cyclic esters (lactones) is 1. The number of fused-ring (bicyclic) bond motifs is 1. The lowest BCUT2D eigenvalue weighted by atomic mass is 10.1. The van der Waals surface area contributed by atoms with Crippen molar-refractivity contribution in [2.45, 2.75) is 32.0 Å². The molecule has 2 N–H and O–H groups in total. The number of hydrogen-bond acceptors (Lipinski definition) is 10. The van der Waals surface area contributed by atoms with Crippen molar-refractivity contribution in [1.29, 1.82) is 0 Å². The summed E-state index contributed by atoms with van der Waals surface area (Å²) >= 11 is 0. The summed E-state index contributed by atoms with van der Waals surface area (Å²) in [4.78, 5) is 30.8. The standard InChI is InChI=1S/C22H21N7O4/c1-12(20-27-19(28-33-20)15-5-3-4-14-6-8-23-10-16(14)15)25-21-24-9-7-18(26-21)29-17(13(2)30)11-32-22(29)31/h3-10,12-13,17,30H,11H2,1-2H3,(H,24,25,26)/t12-,13+,17+/m0/s1. The van der Waals surface area contributed by atoms with E-state index in [9.17, 15) is 9.90 Å². The molecular formula is C22H21N7O4. The van der Waals surface area contributed by atoms with Gasteiger partial charge in [-0.3, -0.25) is 9.88 Å². The van der Waals surface area contributed by atoms with Crippen LogP contribution in [0, 0.1) is 0 Å². The highest BCUT2D eigenvalue weighted by Crippen LogP contribution is 2.28. The molecule has 4 heterocycles. The molecule has 0 radical (unpaired) electrons.